The van der Waals surface area contributed by atoms with E-state index >= 15 is 0 Å². The summed E-state index contributed by atoms with van der Waals surface area (Å²) in [5.74, 6) is 0. The van der Waals surface area contributed by atoms with E-state index < -0.39 is 25.0 Å². The zero-order valence-electron chi connectivity index (χ0n) is 16.1. The summed E-state index contributed by atoms with van der Waals surface area (Å²) in [6, 6.07) is 0. The Morgan fingerprint density at radius 3 is 1.05 bits per heavy atom. The minimum atomic E-state index is -2.70. The Labute approximate surface area is 135 Å². The quantitative estimate of drug-likeness (QED) is 0.610. The summed E-state index contributed by atoms with van der Waals surface area (Å²) in [7, 11) is -5.79. The average Bonchev–Trinajstić information content (AvgIpc) is 2.25. The lowest BCUT2D eigenvalue weighted by atomic mass is 10.9. The van der Waals surface area contributed by atoms with Gasteiger partial charge in [-0.1, -0.05) is 46.2 Å². The van der Waals surface area contributed by atoms with Crippen molar-refractivity contribution < 1.29 is 13.3 Å². The van der Waals surface area contributed by atoms with Crippen LogP contribution in [-0.2, 0) is 13.3 Å². The normalized spacial score (nSPS) is 14.0. The van der Waals surface area contributed by atoms with Crippen LogP contribution in [0.4, 0.5) is 0 Å². The molecule has 0 saturated carbocycles. The fourth-order valence-corrected chi connectivity index (χ4v) is 23.1. The molecule has 0 bridgehead atoms. The van der Waals surface area contributed by atoms with Crippen molar-refractivity contribution in [3.8, 4) is 0 Å². The average molecular weight is 354 g/mol. The standard InChI is InChI=1S/C14H36O3Si3.H3N/c1-11-15-20(16-12-2,17-13-3)14(4,18(5,6)7)19(8,9)10;/h11-13H2,1-10H3;1H3. The number of hydrogen-bond donors (Lipinski definition) is 1. The van der Waals surface area contributed by atoms with Gasteiger partial charge < -0.3 is 19.4 Å². The highest BCUT2D eigenvalue weighted by Gasteiger charge is 2.68. The first-order valence-corrected chi connectivity index (χ1v) is 16.6. The number of rotatable bonds is 9. The molecule has 0 saturated heterocycles. The van der Waals surface area contributed by atoms with Crippen molar-refractivity contribution in [3.05, 3.63) is 0 Å². The number of hydrogen-bond acceptors (Lipinski definition) is 4. The molecule has 21 heavy (non-hydrogen) atoms. The van der Waals surface area contributed by atoms with E-state index in [4.69, 9.17) is 13.3 Å². The predicted octanol–water partition coefficient (Wildman–Crippen LogP) is 4.71. The molecule has 0 aliphatic heterocycles. The summed E-state index contributed by atoms with van der Waals surface area (Å²) < 4.78 is 19.0. The molecule has 0 unspecified atom stereocenters. The molecule has 0 spiro atoms. The molecule has 7 heteroatoms. The van der Waals surface area contributed by atoms with E-state index in [1.807, 2.05) is 0 Å². The maximum absolute atomic E-state index is 6.29. The van der Waals surface area contributed by atoms with E-state index in [0.717, 1.165) is 0 Å². The van der Waals surface area contributed by atoms with E-state index in [2.05, 4.69) is 67.0 Å². The second-order valence-corrected chi connectivity index (χ2v) is 23.0. The minimum absolute atomic E-state index is 0. The zero-order chi connectivity index (χ0) is 16.2. The Balaban J connectivity index is 0. The van der Waals surface area contributed by atoms with Crippen LogP contribution in [0.15, 0.2) is 0 Å². The van der Waals surface area contributed by atoms with Gasteiger partial charge in [-0.15, -0.1) is 0 Å². The van der Waals surface area contributed by atoms with Crippen molar-refractivity contribution in [1.82, 2.24) is 6.15 Å². The van der Waals surface area contributed by atoms with Crippen LogP contribution >= 0.6 is 0 Å². The van der Waals surface area contributed by atoms with Gasteiger partial charge in [0.25, 0.3) is 0 Å². The van der Waals surface area contributed by atoms with Crippen LogP contribution in [0.2, 0.25) is 43.6 Å². The summed E-state index contributed by atoms with van der Waals surface area (Å²) in [6.45, 7) is 25.2. The van der Waals surface area contributed by atoms with Gasteiger partial charge in [0.05, 0.1) is 16.1 Å². The molecule has 0 radical (unpaired) electrons. The third-order valence-corrected chi connectivity index (χ3v) is 24.7. The van der Waals surface area contributed by atoms with E-state index in [-0.39, 0.29) is 10.4 Å². The van der Waals surface area contributed by atoms with Crippen LogP contribution in [0.3, 0.4) is 0 Å². The molecule has 4 nitrogen and oxygen atoms in total. The monoisotopic (exact) mass is 353 g/mol. The van der Waals surface area contributed by atoms with Crippen LogP contribution in [0.25, 0.3) is 0 Å². The molecule has 130 valence electrons. The van der Waals surface area contributed by atoms with Crippen molar-refractivity contribution in [3.63, 3.8) is 0 Å². The molecule has 0 aliphatic rings. The van der Waals surface area contributed by atoms with Gasteiger partial charge in [0.15, 0.2) is 0 Å². The van der Waals surface area contributed by atoms with Crippen molar-refractivity contribution in [2.24, 2.45) is 0 Å². The maximum Gasteiger partial charge on any atom is 0.501 e. The summed E-state index contributed by atoms with van der Waals surface area (Å²) in [4.78, 5) is 0. The second-order valence-electron chi connectivity index (χ2n) is 7.48. The Hall–Kier alpha value is 0.491. The molecule has 0 amide bonds. The van der Waals surface area contributed by atoms with Gasteiger partial charge >= 0.3 is 8.80 Å². The van der Waals surface area contributed by atoms with Gasteiger partial charge in [0.1, 0.15) is 0 Å². The predicted molar refractivity (Wildman–Crippen MR) is 101 cm³/mol. The fraction of sp³-hybridized carbons (Fsp3) is 1.00. The van der Waals surface area contributed by atoms with Gasteiger partial charge in [-0.2, -0.15) is 0 Å². The van der Waals surface area contributed by atoms with E-state index in [1.165, 1.54) is 0 Å². The van der Waals surface area contributed by atoms with E-state index in [1.54, 1.807) is 0 Å². The Kier molecular flexibility index (Phi) is 9.47. The van der Waals surface area contributed by atoms with Crippen molar-refractivity contribution >= 4 is 25.0 Å². The molecule has 0 rings (SSSR count). The Bertz CT molecular complexity index is 270. The Morgan fingerprint density at radius 1 is 0.667 bits per heavy atom. The molecule has 0 aliphatic carbocycles. The second kappa shape index (κ2) is 8.37. The van der Waals surface area contributed by atoms with Gasteiger partial charge in [0, 0.05) is 24.1 Å². The summed E-state index contributed by atoms with van der Waals surface area (Å²) in [6.07, 6.45) is 0. The van der Waals surface area contributed by atoms with Crippen LogP contribution in [0, 0.1) is 0 Å². The van der Waals surface area contributed by atoms with Crippen LogP contribution in [-0.4, -0.2) is 44.8 Å². The first-order chi connectivity index (χ1) is 8.93. The molecule has 0 aromatic heterocycles. The summed E-state index contributed by atoms with van der Waals surface area (Å²) in [5, 5.41) is 0. The Morgan fingerprint density at radius 2 is 0.905 bits per heavy atom. The van der Waals surface area contributed by atoms with Gasteiger partial charge in [0.2, 0.25) is 0 Å². The fourth-order valence-electron chi connectivity index (χ4n) is 3.17. The van der Waals surface area contributed by atoms with Crippen molar-refractivity contribution in [2.45, 2.75) is 71.3 Å². The van der Waals surface area contributed by atoms with Crippen molar-refractivity contribution in [1.29, 1.82) is 0 Å². The van der Waals surface area contributed by atoms with E-state index in [9.17, 15) is 0 Å². The largest absolute Gasteiger partial charge is 0.501 e. The van der Waals surface area contributed by atoms with E-state index in [0.29, 0.717) is 19.8 Å². The molecule has 0 aromatic carbocycles. The SMILES string of the molecule is CCO[Si](OCC)(OCC)C(C)([Si](C)(C)C)[Si](C)(C)C.N. The highest BCUT2D eigenvalue weighted by atomic mass is 28.5. The molecular formula is C14H39NO3Si3. The highest BCUT2D eigenvalue weighted by Crippen LogP contribution is 2.54. The molecule has 0 atom stereocenters. The van der Waals surface area contributed by atoms with Crippen LogP contribution in [0.1, 0.15) is 27.7 Å². The topological polar surface area (TPSA) is 62.7 Å². The van der Waals surface area contributed by atoms with Gasteiger partial charge in [-0.3, -0.25) is 0 Å². The van der Waals surface area contributed by atoms with Crippen molar-refractivity contribution in [2.75, 3.05) is 19.8 Å². The summed E-state index contributed by atoms with van der Waals surface area (Å²) in [5.41, 5.74) is 0. The van der Waals surface area contributed by atoms with Crippen LogP contribution in [0.5, 0.6) is 0 Å². The zero-order valence-corrected chi connectivity index (χ0v) is 19.1. The molecule has 0 aromatic rings. The lowest BCUT2D eigenvalue weighted by Gasteiger charge is -2.55. The first kappa shape index (κ1) is 23.8. The highest BCUT2D eigenvalue weighted by molar-refractivity contribution is 7.11. The first-order valence-electron chi connectivity index (χ1n) is 7.85. The lowest BCUT2D eigenvalue weighted by molar-refractivity contribution is 0.0635. The smallest absolute Gasteiger partial charge is 0.374 e. The van der Waals surface area contributed by atoms with Crippen LogP contribution < -0.4 is 6.15 Å². The minimum Gasteiger partial charge on any atom is -0.374 e. The third kappa shape index (κ3) is 4.49. The van der Waals surface area contributed by atoms with Gasteiger partial charge in [-0.05, 0) is 20.8 Å². The maximum atomic E-state index is 6.29. The molecular weight excluding hydrogens is 314 g/mol. The molecule has 0 heterocycles. The molecule has 0 fully saturated rings. The third-order valence-electron chi connectivity index (χ3n) is 4.62. The summed E-state index contributed by atoms with van der Waals surface area (Å²) >= 11 is 0. The van der Waals surface area contributed by atoms with Gasteiger partial charge in [-0.25, -0.2) is 0 Å². The lowest BCUT2D eigenvalue weighted by Crippen LogP contribution is -2.71. The molecule has 3 N–H and O–H groups in total.